The zero-order valence-electron chi connectivity index (χ0n) is 10.6. The highest BCUT2D eigenvalue weighted by molar-refractivity contribution is 9.10. The molecule has 1 heterocycles. The highest BCUT2D eigenvalue weighted by Gasteiger charge is 2.14. The molecule has 0 bridgehead atoms. The Hall–Kier alpha value is -1.01. The summed E-state index contributed by atoms with van der Waals surface area (Å²) in [6, 6.07) is 6.49. The third-order valence-electron chi connectivity index (χ3n) is 2.99. The van der Waals surface area contributed by atoms with E-state index in [4.69, 9.17) is 17.4 Å². The van der Waals surface area contributed by atoms with Crippen LogP contribution in [0.4, 0.5) is 4.39 Å². The van der Waals surface area contributed by atoms with Crippen molar-refractivity contribution in [3.63, 3.8) is 0 Å². The predicted octanol–water partition coefficient (Wildman–Crippen LogP) is 3.25. The average molecular weight is 359 g/mol. The molecule has 0 fully saturated rings. The first-order valence-electron chi connectivity index (χ1n) is 6.08. The van der Waals surface area contributed by atoms with Gasteiger partial charge in [0, 0.05) is 33.5 Å². The summed E-state index contributed by atoms with van der Waals surface area (Å²) in [6.45, 7) is 0. The van der Waals surface area contributed by atoms with E-state index in [1.165, 1.54) is 6.07 Å². The number of nitrogens with zero attached hydrogens (tertiary/aromatic N) is 1. The minimum Gasteiger partial charge on any atom is -0.271 e. The van der Waals surface area contributed by atoms with Gasteiger partial charge in [-0.05, 0) is 52.5 Å². The minimum atomic E-state index is -0.315. The van der Waals surface area contributed by atoms with Gasteiger partial charge >= 0.3 is 0 Å². The quantitative estimate of drug-likeness (QED) is 0.637. The van der Waals surface area contributed by atoms with Crippen LogP contribution in [0.3, 0.4) is 0 Å². The van der Waals surface area contributed by atoms with Crippen molar-refractivity contribution in [1.29, 1.82) is 0 Å². The van der Waals surface area contributed by atoms with Crippen LogP contribution in [0.5, 0.6) is 0 Å². The third kappa shape index (κ3) is 3.99. The zero-order chi connectivity index (χ0) is 14.5. The number of nitrogens with one attached hydrogen (secondary N) is 1. The lowest BCUT2D eigenvalue weighted by atomic mass is 10.00. The summed E-state index contributed by atoms with van der Waals surface area (Å²) in [7, 11) is 0. The van der Waals surface area contributed by atoms with E-state index < -0.39 is 0 Å². The molecule has 0 amide bonds. The number of hydrogen-bond donors (Lipinski definition) is 2. The Kier molecular flexibility index (Phi) is 5.48. The molecule has 3 N–H and O–H groups in total. The van der Waals surface area contributed by atoms with Crippen molar-refractivity contribution in [2.45, 2.75) is 18.9 Å². The molecule has 1 aromatic heterocycles. The first-order chi connectivity index (χ1) is 9.60. The van der Waals surface area contributed by atoms with Crippen LogP contribution in [0.2, 0.25) is 5.02 Å². The van der Waals surface area contributed by atoms with Gasteiger partial charge in [-0.1, -0.05) is 17.7 Å². The summed E-state index contributed by atoms with van der Waals surface area (Å²) in [5.41, 5.74) is 4.19. The fourth-order valence-electron chi connectivity index (χ4n) is 2.02. The maximum absolute atomic E-state index is 13.8. The number of nitrogens with two attached hydrogens (primary N) is 1. The minimum absolute atomic E-state index is 0.125. The lowest BCUT2D eigenvalue weighted by molar-refractivity contribution is 0.506. The van der Waals surface area contributed by atoms with Gasteiger partial charge in [0.2, 0.25) is 0 Å². The molecule has 20 heavy (non-hydrogen) atoms. The Balaban J connectivity index is 2.13. The molecule has 1 aromatic carbocycles. The highest BCUT2D eigenvalue weighted by Crippen LogP contribution is 2.21. The van der Waals surface area contributed by atoms with E-state index in [0.29, 0.717) is 23.4 Å². The van der Waals surface area contributed by atoms with E-state index in [-0.39, 0.29) is 11.9 Å². The molecule has 0 spiro atoms. The summed E-state index contributed by atoms with van der Waals surface area (Å²) < 4.78 is 14.7. The number of benzene rings is 1. The third-order valence-corrected chi connectivity index (χ3v) is 3.78. The first kappa shape index (κ1) is 15.4. The van der Waals surface area contributed by atoms with Crippen LogP contribution >= 0.6 is 27.5 Å². The van der Waals surface area contributed by atoms with Gasteiger partial charge in [-0.2, -0.15) is 0 Å². The summed E-state index contributed by atoms with van der Waals surface area (Å²) in [6.07, 6.45) is 4.52. The molecule has 0 saturated carbocycles. The SMILES string of the molecule is NNC(Cc1cncc(Br)c1)Cc1c(F)cccc1Cl. The zero-order valence-corrected chi connectivity index (χ0v) is 13.0. The lowest BCUT2D eigenvalue weighted by Gasteiger charge is -2.17. The van der Waals surface area contributed by atoms with Crippen LogP contribution < -0.4 is 11.3 Å². The molecule has 6 heteroatoms. The number of halogens is 3. The lowest BCUT2D eigenvalue weighted by Crippen LogP contribution is -2.38. The van der Waals surface area contributed by atoms with Crippen LogP contribution in [0.1, 0.15) is 11.1 Å². The van der Waals surface area contributed by atoms with E-state index in [0.717, 1.165) is 10.0 Å². The second-order valence-corrected chi connectivity index (χ2v) is 5.81. The Morgan fingerprint density at radius 2 is 2.15 bits per heavy atom. The molecule has 0 radical (unpaired) electrons. The summed E-state index contributed by atoms with van der Waals surface area (Å²) >= 11 is 9.40. The van der Waals surface area contributed by atoms with Gasteiger partial charge in [0.1, 0.15) is 5.82 Å². The predicted molar refractivity (Wildman–Crippen MR) is 81.9 cm³/mol. The molecule has 0 saturated heterocycles. The van der Waals surface area contributed by atoms with Crippen LogP contribution in [-0.4, -0.2) is 11.0 Å². The summed E-state index contributed by atoms with van der Waals surface area (Å²) in [5, 5.41) is 0.414. The van der Waals surface area contributed by atoms with Gasteiger partial charge in [0.25, 0.3) is 0 Å². The Bertz CT molecular complexity index is 574. The van der Waals surface area contributed by atoms with Gasteiger partial charge in [0.05, 0.1) is 0 Å². The second kappa shape index (κ2) is 7.13. The van der Waals surface area contributed by atoms with Crippen LogP contribution in [-0.2, 0) is 12.8 Å². The smallest absolute Gasteiger partial charge is 0.127 e. The number of hydrazine groups is 1. The molecule has 0 aliphatic heterocycles. The molecule has 1 unspecified atom stereocenters. The van der Waals surface area contributed by atoms with Crippen LogP contribution in [0.25, 0.3) is 0 Å². The molecule has 2 aromatic rings. The fourth-order valence-corrected chi connectivity index (χ4v) is 2.67. The van der Waals surface area contributed by atoms with E-state index in [1.807, 2.05) is 6.07 Å². The molecule has 106 valence electrons. The number of hydrogen-bond acceptors (Lipinski definition) is 3. The number of rotatable bonds is 5. The van der Waals surface area contributed by atoms with E-state index in [1.54, 1.807) is 24.5 Å². The average Bonchev–Trinajstić information content (AvgIpc) is 2.42. The Morgan fingerprint density at radius 1 is 1.35 bits per heavy atom. The molecule has 0 aliphatic rings. The molecule has 0 aliphatic carbocycles. The molecular weight excluding hydrogens is 345 g/mol. The van der Waals surface area contributed by atoms with Crippen molar-refractivity contribution in [3.8, 4) is 0 Å². The van der Waals surface area contributed by atoms with Crippen molar-refractivity contribution < 1.29 is 4.39 Å². The van der Waals surface area contributed by atoms with Crippen LogP contribution in [0.15, 0.2) is 41.1 Å². The Labute approximate surface area is 130 Å². The second-order valence-electron chi connectivity index (χ2n) is 4.48. The fraction of sp³-hybridized carbons (Fsp3) is 0.214. The van der Waals surface area contributed by atoms with E-state index >= 15 is 0 Å². The number of aromatic nitrogens is 1. The van der Waals surface area contributed by atoms with E-state index in [9.17, 15) is 4.39 Å². The van der Waals surface area contributed by atoms with Gasteiger partial charge < -0.3 is 0 Å². The monoisotopic (exact) mass is 357 g/mol. The van der Waals surface area contributed by atoms with Gasteiger partial charge in [0.15, 0.2) is 0 Å². The standard InChI is InChI=1S/C14H14BrClFN3/c15-10-4-9(7-19-8-10)5-11(20-18)6-12-13(16)2-1-3-14(12)17/h1-4,7-8,11,20H,5-6,18H2. The van der Waals surface area contributed by atoms with E-state index in [2.05, 4.69) is 26.3 Å². The Morgan fingerprint density at radius 3 is 2.80 bits per heavy atom. The van der Waals surface area contributed by atoms with Gasteiger partial charge in [-0.15, -0.1) is 0 Å². The molecule has 1 atom stereocenters. The number of pyridine rings is 1. The summed E-state index contributed by atoms with van der Waals surface area (Å²) in [5.74, 6) is 5.24. The van der Waals surface area contributed by atoms with Crippen LogP contribution in [0, 0.1) is 5.82 Å². The van der Waals surface area contributed by atoms with Crippen molar-refractivity contribution >= 4 is 27.5 Å². The maximum Gasteiger partial charge on any atom is 0.127 e. The van der Waals surface area contributed by atoms with Crippen molar-refractivity contribution in [1.82, 2.24) is 10.4 Å². The van der Waals surface area contributed by atoms with Gasteiger partial charge in [-0.3, -0.25) is 16.3 Å². The van der Waals surface area contributed by atoms with Crippen molar-refractivity contribution in [3.05, 3.63) is 63.1 Å². The topological polar surface area (TPSA) is 50.9 Å². The molecule has 2 rings (SSSR count). The first-order valence-corrected chi connectivity index (χ1v) is 7.25. The molecular formula is C14H14BrClFN3. The van der Waals surface area contributed by atoms with Crippen molar-refractivity contribution in [2.24, 2.45) is 5.84 Å². The maximum atomic E-state index is 13.8. The largest absolute Gasteiger partial charge is 0.271 e. The van der Waals surface area contributed by atoms with Gasteiger partial charge in [-0.25, -0.2) is 4.39 Å². The normalized spacial score (nSPS) is 12.4. The molecule has 3 nitrogen and oxygen atoms in total. The summed E-state index contributed by atoms with van der Waals surface area (Å²) in [4.78, 5) is 4.10. The highest BCUT2D eigenvalue weighted by atomic mass is 79.9. The van der Waals surface area contributed by atoms with Crippen molar-refractivity contribution in [2.75, 3.05) is 0 Å².